The second-order valence-corrected chi connectivity index (χ2v) is 4.86. The Hall–Kier alpha value is -0.850. The van der Waals surface area contributed by atoms with Crippen LogP contribution in [0.2, 0.25) is 0 Å². The molecule has 7 heteroatoms. The molecule has 2 nitrogen and oxygen atoms in total. The van der Waals surface area contributed by atoms with Gasteiger partial charge >= 0.3 is 12.3 Å². The second-order valence-electron chi connectivity index (χ2n) is 4.86. The summed E-state index contributed by atoms with van der Waals surface area (Å²) in [6, 6.07) is 0. The summed E-state index contributed by atoms with van der Waals surface area (Å²) in [7, 11) is 0. The van der Waals surface area contributed by atoms with E-state index in [1.807, 2.05) is 13.8 Å². The Morgan fingerprint density at radius 2 is 1.79 bits per heavy atom. The van der Waals surface area contributed by atoms with E-state index in [-0.39, 0.29) is 18.9 Å². The highest BCUT2D eigenvalue weighted by molar-refractivity contribution is 4.87. The van der Waals surface area contributed by atoms with Crippen LogP contribution in [0.5, 0.6) is 0 Å². The highest BCUT2D eigenvalue weighted by Gasteiger charge is 2.61. The van der Waals surface area contributed by atoms with Crippen LogP contribution < -0.4 is 0 Å². The van der Waals surface area contributed by atoms with Gasteiger partial charge in [0.2, 0.25) is 0 Å². The van der Waals surface area contributed by atoms with E-state index < -0.39 is 18.4 Å². The molecule has 0 spiro atoms. The first-order valence-electron chi connectivity index (χ1n) is 6.01. The fourth-order valence-corrected chi connectivity index (χ4v) is 1.73. The Balaban J connectivity index is 2.35. The molecule has 0 aromatic heterocycles. The lowest BCUT2D eigenvalue weighted by Crippen LogP contribution is -2.47. The van der Waals surface area contributed by atoms with Gasteiger partial charge in [0.1, 0.15) is 0 Å². The van der Waals surface area contributed by atoms with E-state index in [4.69, 9.17) is 4.74 Å². The molecule has 1 fully saturated rings. The largest absolute Gasteiger partial charge is 0.501 e. The average molecular weight is 288 g/mol. The minimum absolute atomic E-state index is 0.221. The zero-order chi connectivity index (χ0) is 14.7. The van der Waals surface area contributed by atoms with Crippen molar-refractivity contribution in [3.05, 3.63) is 11.8 Å². The van der Waals surface area contributed by atoms with Crippen LogP contribution in [-0.2, 0) is 9.47 Å². The van der Waals surface area contributed by atoms with E-state index in [1.54, 1.807) is 0 Å². The van der Waals surface area contributed by atoms with Crippen LogP contribution >= 0.6 is 0 Å². The summed E-state index contributed by atoms with van der Waals surface area (Å²) in [4.78, 5) is 0. The SMILES string of the molecule is CC(C)=COCCC1CCC1OC(F)(F)C(F)(F)F. The normalized spacial score (nSPS) is 23.7. The predicted octanol–water partition coefficient (Wildman–Crippen LogP) is 4.27. The minimum atomic E-state index is -5.66. The molecular weight excluding hydrogens is 271 g/mol. The van der Waals surface area contributed by atoms with Gasteiger partial charge in [-0.3, -0.25) is 0 Å². The van der Waals surface area contributed by atoms with E-state index >= 15 is 0 Å². The molecule has 1 saturated carbocycles. The van der Waals surface area contributed by atoms with E-state index in [0.29, 0.717) is 12.8 Å². The van der Waals surface area contributed by atoms with Gasteiger partial charge in [-0.05, 0) is 44.6 Å². The van der Waals surface area contributed by atoms with Gasteiger partial charge in [0.05, 0.1) is 19.0 Å². The molecule has 1 rings (SSSR count). The van der Waals surface area contributed by atoms with Crippen molar-refractivity contribution in [1.82, 2.24) is 0 Å². The maximum absolute atomic E-state index is 12.7. The monoisotopic (exact) mass is 288 g/mol. The van der Waals surface area contributed by atoms with Gasteiger partial charge in [-0.15, -0.1) is 0 Å². The summed E-state index contributed by atoms with van der Waals surface area (Å²) < 4.78 is 70.3. The summed E-state index contributed by atoms with van der Waals surface area (Å²) in [6.07, 6.45) is -9.05. The van der Waals surface area contributed by atoms with Crippen LogP contribution in [0.15, 0.2) is 11.8 Å². The first-order valence-corrected chi connectivity index (χ1v) is 6.01. The topological polar surface area (TPSA) is 18.5 Å². The molecule has 1 aliphatic rings. The Morgan fingerprint density at radius 1 is 1.16 bits per heavy atom. The van der Waals surface area contributed by atoms with E-state index in [9.17, 15) is 22.0 Å². The van der Waals surface area contributed by atoms with Gasteiger partial charge in [0.15, 0.2) is 0 Å². The summed E-state index contributed by atoms with van der Waals surface area (Å²) in [5, 5.41) is 0. The number of halogens is 5. The first kappa shape index (κ1) is 16.2. The van der Waals surface area contributed by atoms with Crippen molar-refractivity contribution < 1.29 is 31.4 Å². The van der Waals surface area contributed by atoms with Gasteiger partial charge in [-0.2, -0.15) is 22.0 Å². The molecule has 0 heterocycles. The van der Waals surface area contributed by atoms with Crippen molar-refractivity contribution in [3.8, 4) is 0 Å². The number of allylic oxidation sites excluding steroid dienone is 1. The molecule has 0 radical (unpaired) electrons. The molecule has 19 heavy (non-hydrogen) atoms. The molecule has 0 aromatic rings. The molecule has 0 aliphatic heterocycles. The Kier molecular flexibility index (Phi) is 5.18. The molecule has 112 valence electrons. The minimum Gasteiger partial charge on any atom is -0.501 e. The molecule has 0 saturated heterocycles. The average Bonchev–Trinajstić information content (AvgIpc) is 2.22. The van der Waals surface area contributed by atoms with Gasteiger partial charge < -0.3 is 9.47 Å². The predicted molar refractivity (Wildman–Crippen MR) is 58.6 cm³/mol. The smallest absolute Gasteiger partial charge is 0.482 e. The third kappa shape index (κ3) is 4.63. The van der Waals surface area contributed by atoms with Crippen LogP contribution in [0.4, 0.5) is 22.0 Å². The van der Waals surface area contributed by atoms with Gasteiger partial charge in [0.25, 0.3) is 0 Å². The van der Waals surface area contributed by atoms with E-state index in [2.05, 4.69) is 4.74 Å². The molecule has 1 aliphatic carbocycles. The van der Waals surface area contributed by atoms with Crippen LogP contribution in [0, 0.1) is 5.92 Å². The zero-order valence-electron chi connectivity index (χ0n) is 10.8. The van der Waals surface area contributed by atoms with Gasteiger partial charge in [-0.1, -0.05) is 0 Å². The highest BCUT2D eigenvalue weighted by Crippen LogP contribution is 2.43. The third-order valence-corrected chi connectivity index (χ3v) is 2.90. The lowest BCUT2D eigenvalue weighted by molar-refractivity contribution is -0.411. The number of ether oxygens (including phenoxy) is 2. The summed E-state index contributed by atoms with van der Waals surface area (Å²) in [5.41, 5.74) is 0.949. The summed E-state index contributed by atoms with van der Waals surface area (Å²) in [6.45, 7) is 3.95. The number of alkyl halides is 5. The van der Waals surface area contributed by atoms with Crippen LogP contribution in [0.25, 0.3) is 0 Å². The fourth-order valence-electron chi connectivity index (χ4n) is 1.73. The summed E-state index contributed by atoms with van der Waals surface area (Å²) in [5.74, 6) is -0.307. The van der Waals surface area contributed by atoms with Crippen molar-refractivity contribution in [1.29, 1.82) is 0 Å². The number of hydrogen-bond donors (Lipinski definition) is 0. The standard InChI is InChI=1S/C12H17F5O2/c1-8(2)7-18-6-5-9-3-4-10(9)19-12(16,17)11(13,14)15/h7,9-10H,3-6H2,1-2H3. The Bertz CT molecular complexity index is 321. The Labute approximate surface area is 108 Å². The van der Waals surface area contributed by atoms with Crippen LogP contribution in [-0.4, -0.2) is 25.0 Å². The van der Waals surface area contributed by atoms with Crippen LogP contribution in [0.3, 0.4) is 0 Å². The Morgan fingerprint density at radius 3 is 2.21 bits per heavy atom. The second kappa shape index (κ2) is 6.07. The lowest BCUT2D eigenvalue weighted by Gasteiger charge is -2.38. The molecule has 0 N–H and O–H groups in total. The summed E-state index contributed by atoms with van der Waals surface area (Å²) >= 11 is 0. The molecular formula is C12H17F5O2. The quantitative estimate of drug-likeness (QED) is 0.413. The molecule has 0 amide bonds. The van der Waals surface area contributed by atoms with Crippen molar-refractivity contribution >= 4 is 0 Å². The maximum Gasteiger partial charge on any atom is 0.482 e. The van der Waals surface area contributed by atoms with Gasteiger partial charge in [-0.25, -0.2) is 0 Å². The van der Waals surface area contributed by atoms with Crippen molar-refractivity contribution in [2.75, 3.05) is 6.61 Å². The van der Waals surface area contributed by atoms with E-state index in [1.165, 1.54) is 6.26 Å². The molecule has 0 bridgehead atoms. The zero-order valence-corrected chi connectivity index (χ0v) is 10.8. The molecule has 2 atom stereocenters. The van der Waals surface area contributed by atoms with Crippen molar-refractivity contribution in [2.45, 2.75) is 51.5 Å². The third-order valence-electron chi connectivity index (χ3n) is 2.90. The maximum atomic E-state index is 12.7. The van der Waals surface area contributed by atoms with Crippen molar-refractivity contribution in [3.63, 3.8) is 0 Å². The van der Waals surface area contributed by atoms with Crippen LogP contribution in [0.1, 0.15) is 33.1 Å². The number of hydrogen-bond acceptors (Lipinski definition) is 2. The van der Waals surface area contributed by atoms with Gasteiger partial charge in [0, 0.05) is 0 Å². The molecule has 0 aromatic carbocycles. The molecule has 2 unspecified atom stereocenters. The first-order chi connectivity index (χ1) is 8.63. The number of rotatable bonds is 6. The van der Waals surface area contributed by atoms with Crippen molar-refractivity contribution in [2.24, 2.45) is 5.92 Å². The van der Waals surface area contributed by atoms with E-state index in [0.717, 1.165) is 5.57 Å². The fraction of sp³-hybridized carbons (Fsp3) is 0.833. The lowest BCUT2D eigenvalue weighted by atomic mass is 9.80. The highest BCUT2D eigenvalue weighted by atomic mass is 19.4.